The number of aromatic hydroxyl groups is 2. The van der Waals surface area contributed by atoms with Gasteiger partial charge >= 0.3 is 0 Å². The summed E-state index contributed by atoms with van der Waals surface area (Å²) in [5, 5.41) is 24.2. The van der Waals surface area contributed by atoms with Crippen molar-refractivity contribution in [3.05, 3.63) is 252 Å². The zero-order valence-corrected chi connectivity index (χ0v) is 63.5. The fraction of sp³-hybridized carbons (Fsp3) is 0.342. The molecule has 7 aromatic rings. The molecule has 2 saturated heterocycles. The van der Waals surface area contributed by atoms with Gasteiger partial charge in [0.15, 0.2) is 36.2 Å². The van der Waals surface area contributed by atoms with Crippen molar-refractivity contribution in [3.8, 4) is 34.1 Å². The zero-order valence-electron chi connectivity index (χ0n) is 56.6. The van der Waals surface area contributed by atoms with Crippen molar-refractivity contribution in [3.63, 3.8) is 0 Å². The van der Waals surface area contributed by atoms with Crippen molar-refractivity contribution in [2.24, 2.45) is 0 Å². The first-order chi connectivity index (χ1) is 43.0. The second-order valence-corrected chi connectivity index (χ2v) is 42.3. The van der Waals surface area contributed by atoms with Crippen LogP contribution in [0.1, 0.15) is 69.5 Å². The van der Waals surface area contributed by atoms with E-state index in [0.717, 1.165) is 70.9 Å². The number of phenolic OH excluding ortho intramolecular Hbond substituents is 2. The van der Waals surface area contributed by atoms with Crippen molar-refractivity contribution in [2.75, 3.05) is 26.4 Å². The molecule has 0 bridgehead atoms. The molecule has 0 radical (unpaired) electrons. The lowest BCUT2D eigenvalue weighted by Crippen LogP contribution is -2.29. The summed E-state index contributed by atoms with van der Waals surface area (Å²) >= 11 is 0. The van der Waals surface area contributed by atoms with E-state index in [1.807, 2.05) is 36.4 Å². The van der Waals surface area contributed by atoms with Gasteiger partial charge in [0.05, 0.1) is 36.2 Å². The van der Waals surface area contributed by atoms with E-state index in [0.29, 0.717) is 26.1 Å². The topological polar surface area (TPSA) is 102 Å². The number of rotatable bonds is 24. The van der Waals surface area contributed by atoms with Gasteiger partial charge in [0.2, 0.25) is 0 Å². The number of hydrogen-bond donors (Lipinski definition) is 2. The molecule has 8 nitrogen and oxygen atoms in total. The second kappa shape index (κ2) is 35.0. The smallest absolute Gasteiger partial charge is 0.156 e. The summed E-state index contributed by atoms with van der Waals surface area (Å²) in [6, 6.07) is 51.1. The number of epoxide rings is 2. The number of hydrogen-bond acceptors (Lipinski definition) is 8. The Bertz CT molecular complexity index is 3200. The van der Waals surface area contributed by atoms with Crippen LogP contribution in [-0.4, -0.2) is 103 Å². The summed E-state index contributed by atoms with van der Waals surface area (Å²) in [4.78, 5) is 0. The highest BCUT2D eigenvalue weighted by atomic mass is 28.4. The van der Waals surface area contributed by atoms with Crippen LogP contribution in [0.3, 0.4) is 0 Å². The molecule has 2 aliphatic heterocycles. The summed E-state index contributed by atoms with van der Waals surface area (Å²) in [6.45, 7) is 50.1. The van der Waals surface area contributed by atoms with Crippen LogP contribution in [0.15, 0.2) is 196 Å². The van der Waals surface area contributed by atoms with E-state index >= 15 is 0 Å². The number of phenols is 2. The quantitative estimate of drug-likeness (QED) is 0.0350. The molecule has 7 aromatic carbocycles. The van der Waals surface area contributed by atoms with Crippen LogP contribution in [0, 0.1) is 0 Å². The van der Waals surface area contributed by atoms with Crippen molar-refractivity contribution in [1.29, 1.82) is 0 Å². The van der Waals surface area contributed by atoms with E-state index in [-0.39, 0.29) is 29.1 Å². The number of fused-ring (bicyclic) bond motifs is 3. The van der Waals surface area contributed by atoms with Crippen LogP contribution in [0.5, 0.6) is 23.0 Å². The fourth-order valence-corrected chi connectivity index (χ4v) is 22.0. The van der Waals surface area contributed by atoms with Gasteiger partial charge in [-0.25, -0.2) is 0 Å². The third-order valence-corrected chi connectivity index (χ3v) is 28.2. The normalized spacial score (nSPS) is 14.8. The Hall–Kier alpha value is -6.16. The Morgan fingerprint density at radius 1 is 0.456 bits per heavy atom. The van der Waals surface area contributed by atoms with Gasteiger partial charge in [-0.2, -0.15) is 0 Å². The molecule has 2 unspecified atom stereocenters. The van der Waals surface area contributed by atoms with Gasteiger partial charge in [0, 0.05) is 5.41 Å². The molecule has 0 saturated carbocycles. The van der Waals surface area contributed by atoms with Gasteiger partial charge in [-0.1, -0.05) is 196 Å². The number of benzene rings is 7. The van der Waals surface area contributed by atoms with Gasteiger partial charge in [-0.05, 0) is 169 Å². The summed E-state index contributed by atoms with van der Waals surface area (Å²) in [6.07, 6.45) is 10.6. The van der Waals surface area contributed by atoms with Crippen molar-refractivity contribution in [1.82, 2.24) is 0 Å². The fourth-order valence-electron chi connectivity index (χ4n) is 11.4. The van der Waals surface area contributed by atoms with Crippen LogP contribution >= 0.6 is 0 Å². The van der Waals surface area contributed by atoms with Gasteiger partial charge in [0.25, 0.3) is 0 Å². The maximum atomic E-state index is 10.5. The Morgan fingerprint density at radius 3 is 1.09 bits per heavy atom. The van der Waals surface area contributed by atoms with E-state index in [1.165, 1.54) is 33.4 Å². The Labute approximate surface area is 551 Å². The lowest BCUT2D eigenvalue weighted by Gasteiger charge is -2.34. The average molecular weight is 1310 g/mol. The van der Waals surface area contributed by atoms with Crippen LogP contribution in [0.25, 0.3) is 11.1 Å². The maximum Gasteiger partial charge on any atom is 0.156 e. The minimum Gasteiger partial charge on any atom is -0.508 e. The lowest BCUT2D eigenvalue weighted by atomic mass is 9.67. The molecule has 10 rings (SSSR count). The molecule has 14 heteroatoms. The minimum absolute atomic E-state index is 0.178. The number of allylic oxidation sites excluding steroid dienone is 4. The highest BCUT2D eigenvalue weighted by molar-refractivity contribution is 6.72. The van der Waals surface area contributed by atoms with E-state index in [1.54, 1.807) is 22.5 Å². The highest BCUT2D eigenvalue weighted by Crippen LogP contribution is 2.57. The molecule has 0 aromatic heterocycles. The standard InChI is InChI=1S/C31H26O2.C27H32O4.C10H18Si2.2C4H14OSi2/c1-3-9-21-19-23(15-17-29(21)32)31(24-16-18-30(33)22(20-24)10-4-2)27-13-7-5-11-25(27)26-12-6-8-14-28(26)31;1-5-7-19-13-21(9-11-25(19)30-17-23-15-28-23)27(3,4)22-10-12-26(20(14-22)8-6-2)31-18-24-16-29-24;1-11(2)9-5-7-10(8-6-9)12(3)4;2*1-6(2)5-7(3)4/h3-8,11-20,32-33H,1-2,9-10H2;5-6,9-14,23-24H,1-2,7-8,15-18H2,3-4H3;5-8,11-12H,1-4H3;2*6-7H,1-4H3. The first-order valence-corrected chi connectivity index (χ1v) is 49.3. The van der Waals surface area contributed by atoms with Gasteiger partial charge in [-0.15, -0.1) is 26.3 Å². The van der Waals surface area contributed by atoms with Gasteiger partial charge < -0.3 is 37.4 Å². The van der Waals surface area contributed by atoms with E-state index < -0.39 is 59.2 Å². The van der Waals surface area contributed by atoms with Crippen molar-refractivity contribution >= 4 is 64.1 Å². The zero-order chi connectivity index (χ0) is 65.7. The SMILES string of the molecule is C=CCc1cc(C(C)(C)c2ccc(OCC3CO3)c(CC=C)c2)ccc1OCC1CO1.C=CCc1cc(C2(c3ccc(O)c(CC=C)c3)c3ccccc3-c3ccccc32)ccc1O.C[SiH](C)O[SiH](C)C.C[SiH](C)O[SiH](C)C.C[SiH](C)c1ccc([SiH](C)C)cc1. The second-order valence-electron chi connectivity index (χ2n) is 25.7. The molecule has 0 spiro atoms. The summed E-state index contributed by atoms with van der Waals surface area (Å²) in [5.74, 6) is 2.36. The van der Waals surface area contributed by atoms with Crippen LogP contribution in [-0.2, 0) is 54.2 Å². The summed E-state index contributed by atoms with van der Waals surface area (Å²) in [5.41, 5.74) is 12.6. The molecule has 2 heterocycles. The predicted molar refractivity (Wildman–Crippen MR) is 399 cm³/mol. The third kappa shape index (κ3) is 20.4. The largest absolute Gasteiger partial charge is 0.508 e. The molecule has 2 N–H and O–H groups in total. The molecule has 2 fully saturated rings. The predicted octanol–water partition coefficient (Wildman–Crippen LogP) is 15.0. The van der Waals surface area contributed by atoms with Crippen molar-refractivity contribution < 1.29 is 37.4 Å². The average Bonchev–Trinajstić information content (AvgIpc) is 1.51. The Kier molecular flexibility index (Phi) is 28.4. The van der Waals surface area contributed by atoms with Crippen LogP contribution < -0.4 is 19.8 Å². The van der Waals surface area contributed by atoms with E-state index in [9.17, 15) is 10.2 Å². The molecule has 1 aliphatic carbocycles. The lowest BCUT2D eigenvalue weighted by molar-refractivity contribution is 0.261. The molecular weight excluding hydrogens is 1210 g/mol. The summed E-state index contributed by atoms with van der Waals surface area (Å²) in [7, 11) is -3.80. The Balaban J connectivity index is 0.000000207. The van der Waals surface area contributed by atoms with Crippen LogP contribution in [0.4, 0.5) is 0 Å². The monoisotopic (exact) mass is 1310 g/mol. The molecule has 480 valence electrons. The van der Waals surface area contributed by atoms with Crippen molar-refractivity contribution in [2.45, 2.75) is 141 Å². The number of ether oxygens (including phenoxy) is 4. The molecule has 3 aliphatic rings. The minimum atomic E-state index is -0.667. The molecular formula is C76H104O8Si6. The molecule has 0 amide bonds. The van der Waals surface area contributed by atoms with Gasteiger partial charge in [0.1, 0.15) is 48.4 Å². The molecule has 90 heavy (non-hydrogen) atoms. The first kappa shape index (κ1) is 72.9. The van der Waals surface area contributed by atoms with E-state index in [4.69, 9.17) is 27.2 Å². The highest BCUT2D eigenvalue weighted by Gasteiger charge is 2.46. The first-order valence-electron chi connectivity index (χ1n) is 32.4. The van der Waals surface area contributed by atoms with E-state index in [2.05, 4.69) is 240 Å². The maximum absolute atomic E-state index is 10.5. The molecule has 2 atom stereocenters. The third-order valence-electron chi connectivity index (χ3n) is 16.0. The Morgan fingerprint density at radius 2 is 0.789 bits per heavy atom. The van der Waals surface area contributed by atoms with Crippen LogP contribution in [0.2, 0.25) is 78.6 Å². The van der Waals surface area contributed by atoms with Gasteiger partial charge in [-0.3, -0.25) is 0 Å². The summed E-state index contributed by atoms with van der Waals surface area (Å²) < 4.78 is 33.6.